The minimum Gasteiger partial charge on any atom is -0.309 e. The number of hydrogen-bond donors (Lipinski definition) is 1. The largest absolute Gasteiger partial charge is 0.309 e. The highest BCUT2D eigenvalue weighted by Gasteiger charge is 2.08. The minimum absolute atomic E-state index is 0.0334. The number of aryl methyl sites for hydroxylation is 1. The van der Waals surface area contributed by atoms with Crippen LogP contribution in [0.15, 0.2) is 38.4 Å². The molecule has 0 saturated carbocycles. The number of halogens is 2. The van der Waals surface area contributed by atoms with Gasteiger partial charge in [0, 0.05) is 9.37 Å². The fourth-order valence-electron chi connectivity index (χ4n) is 1.74. The number of aromatic amines is 1. The van der Waals surface area contributed by atoms with Crippen molar-refractivity contribution >= 4 is 50.3 Å². The molecule has 0 aliphatic rings. The first kappa shape index (κ1) is 16.0. The molecule has 1 heterocycles. The van der Waals surface area contributed by atoms with Crippen LogP contribution < -0.4 is 5.56 Å². The monoisotopic (exact) mass is 464 g/mol. The SMILES string of the molecule is CCCc1nc(CSc2cccc(Br)c2)[nH]c(=O)c1I. The zero-order valence-corrected chi connectivity index (χ0v) is 15.5. The van der Waals surface area contributed by atoms with E-state index >= 15 is 0 Å². The highest BCUT2D eigenvalue weighted by molar-refractivity contribution is 14.1. The molecular weight excluding hydrogens is 451 g/mol. The van der Waals surface area contributed by atoms with Crippen molar-refractivity contribution in [3.63, 3.8) is 0 Å². The highest BCUT2D eigenvalue weighted by atomic mass is 127. The molecule has 0 aliphatic carbocycles. The number of rotatable bonds is 5. The van der Waals surface area contributed by atoms with Gasteiger partial charge >= 0.3 is 0 Å². The Morgan fingerprint density at radius 2 is 2.25 bits per heavy atom. The molecule has 0 amide bonds. The van der Waals surface area contributed by atoms with Crippen LogP contribution in [0.2, 0.25) is 0 Å². The third-order valence-electron chi connectivity index (χ3n) is 2.64. The molecule has 0 spiro atoms. The predicted molar refractivity (Wildman–Crippen MR) is 95.3 cm³/mol. The predicted octanol–water partition coefficient (Wildman–Crippen LogP) is 4.38. The lowest BCUT2D eigenvalue weighted by Crippen LogP contribution is -2.17. The summed E-state index contributed by atoms with van der Waals surface area (Å²) >= 11 is 7.19. The first-order chi connectivity index (χ1) is 9.60. The molecule has 0 atom stereocenters. The van der Waals surface area contributed by atoms with Gasteiger partial charge < -0.3 is 4.98 Å². The van der Waals surface area contributed by atoms with E-state index in [4.69, 9.17) is 0 Å². The lowest BCUT2D eigenvalue weighted by Gasteiger charge is -2.06. The van der Waals surface area contributed by atoms with Gasteiger partial charge in [-0.05, 0) is 47.2 Å². The van der Waals surface area contributed by atoms with Gasteiger partial charge in [0.15, 0.2) is 0 Å². The fraction of sp³-hybridized carbons (Fsp3) is 0.286. The summed E-state index contributed by atoms with van der Waals surface area (Å²) in [6, 6.07) is 8.10. The van der Waals surface area contributed by atoms with Gasteiger partial charge in [-0.25, -0.2) is 4.98 Å². The average molecular weight is 465 g/mol. The van der Waals surface area contributed by atoms with Crippen molar-refractivity contribution in [2.24, 2.45) is 0 Å². The molecule has 0 fully saturated rings. The van der Waals surface area contributed by atoms with Crippen molar-refractivity contribution in [3.05, 3.63) is 54.2 Å². The fourth-order valence-corrected chi connectivity index (χ4v) is 3.64. The summed E-state index contributed by atoms with van der Waals surface area (Å²) in [5.41, 5.74) is 0.871. The van der Waals surface area contributed by atoms with Gasteiger partial charge in [0.25, 0.3) is 5.56 Å². The molecular formula is C14H14BrIN2OS. The van der Waals surface area contributed by atoms with Crippen LogP contribution in [0.1, 0.15) is 24.9 Å². The van der Waals surface area contributed by atoms with Gasteiger partial charge in [0.1, 0.15) is 5.82 Å². The molecule has 0 aliphatic heterocycles. The third-order valence-corrected chi connectivity index (χ3v) is 5.25. The molecule has 6 heteroatoms. The van der Waals surface area contributed by atoms with Crippen molar-refractivity contribution < 1.29 is 0 Å². The Kier molecular flexibility index (Phi) is 6.10. The molecule has 1 aromatic carbocycles. The Morgan fingerprint density at radius 1 is 1.45 bits per heavy atom. The lowest BCUT2D eigenvalue weighted by atomic mass is 10.2. The molecule has 1 N–H and O–H groups in total. The standard InChI is InChI=1S/C14H14BrIN2OS/c1-2-4-11-13(16)14(19)18-12(17-11)8-20-10-6-3-5-9(15)7-10/h3,5-7H,2,4,8H2,1H3,(H,17,18,19). The summed E-state index contributed by atoms with van der Waals surface area (Å²) in [5.74, 6) is 1.41. The summed E-state index contributed by atoms with van der Waals surface area (Å²) in [6.45, 7) is 2.09. The van der Waals surface area contributed by atoms with Crippen molar-refractivity contribution in [2.75, 3.05) is 0 Å². The van der Waals surface area contributed by atoms with E-state index < -0.39 is 0 Å². The van der Waals surface area contributed by atoms with Crippen LogP contribution in [-0.4, -0.2) is 9.97 Å². The Labute approximate surface area is 144 Å². The van der Waals surface area contributed by atoms with Gasteiger partial charge in [-0.2, -0.15) is 0 Å². The normalized spacial score (nSPS) is 10.8. The Morgan fingerprint density at radius 3 is 2.95 bits per heavy atom. The number of nitrogens with one attached hydrogen (secondary N) is 1. The van der Waals surface area contributed by atoms with Crippen molar-refractivity contribution in [1.29, 1.82) is 0 Å². The van der Waals surface area contributed by atoms with Gasteiger partial charge in [-0.3, -0.25) is 4.79 Å². The zero-order valence-electron chi connectivity index (χ0n) is 11.0. The molecule has 3 nitrogen and oxygen atoms in total. The molecule has 1 aromatic heterocycles. The van der Waals surface area contributed by atoms with Crippen molar-refractivity contribution in [1.82, 2.24) is 9.97 Å². The van der Waals surface area contributed by atoms with E-state index in [0.717, 1.165) is 33.7 Å². The Bertz CT molecular complexity index is 660. The molecule has 0 saturated heterocycles. The van der Waals surface area contributed by atoms with E-state index in [1.807, 2.05) is 18.2 Å². The molecule has 0 bridgehead atoms. The van der Waals surface area contributed by atoms with E-state index in [0.29, 0.717) is 9.32 Å². The number of hydrogen-bond acceptors (Lipinski definition) is 3. The molecule has 106 valence electrons. The maximum atomic E-state index is 11.9. The van der Waals surface area contributed by atoms with Gasteiger partial charge in [0.2, 0.25) is 0 Å². The second-order valence-electron chi connectivity index (χ2n) is 4.27. The molecule has 0 radical (unpaired) electrons. The van der Waals surface area contributed by atoms with Gasteiger partial charge in [-0.15, -0.1) is 11.8 Å². The Balaban J connectivity index is 2.15. The van der Waals surface area contributed by atoms with Crippen LogP contribution in [-0.2, 0) is 12.2 Å². The number of nitrogens with zero attached hydrogens (tertiary/aromatic N) is 1. The second kappa shape index (κ2) is 7.61. The molecule has 20 heavy (non-hydrogen) atoms. The topological polar surface area (TPSA) is 45.8 Å². The lowest BCUT2D eigenvalue weighted by molar-refractivity contribution is 0.834. The number of H-pyrrole nitrogens is 1. The molecule has 2 rings (SSSR count). The summed E-state index contributed by atoms with van der Waals surface area (Å²) in [5, 5.41) is 0. The van der Waals surface area contributed by atoms with Crippen LogP contribution in [0.4, 0.5) is 0 Å². The molecule has 2 aromatic rings. The van der Waals surface area contributed by atoms with Gasteiger partial charge in [-0.1, -0.05) is 35.3 Å². The number of thioether (sulfide) groups is 1. The Hall–Kier alpha value is -0.340. The zero-order chi connectivity index (χ0) is 14.5. The van der Waals surface area contributed by atoms with Crippen LogP contribution in [0, 0.1) is 3.57 Å². The minimum atomic E-state index is -0.0334. The van der Waals surface area contributed by atoms with E-state index in [9.17, 15) is 4.79 Å². The first-order valence-corrected chi connectivity index (χ1v) is 9.12. The quantitative estimate of drug-likeness (QED) is 0.527. The maximum Gasteiger partial charge on any atom is 0.264 e. The first-order valence-electron chi connectivity index (χ1n) is 6.26. The smallest absolute Gasteiger partial charge is 0.264 e. The summed E-state index contributed by atoms with van der Waals surface area (Å²) in [6.07, 6.45) is 1.83. The number of benzene rings is 1. The van der Waals surface area contributed by atoms with Crippen LogP contribution in [0.25, 0.3) is 0 Å². The van der Waals surface area contributed by atoms with Crippen LogP contribution in [0.3, 0.4) is 0 Å². The molecule has 0 unspecified atom stereocenters. The van der Waals surface area contributed by atoms with E-state index in [-0.39, 0.29) is 5.56 Å². The van der Waals surface area contributed by atoms with E-state index in [1.54, 1.807) is 11.8 Å². The average Bonchev–Trinajstić information content (AvgIpc) is 2.42. The van der Waals surface area contributed by atoms with Crippen LogP contribution in [0.5, 0.6) is 0 Å². The number of aromatic nitrogens is 2. The van der Waals surface area contributed by atoms with Crippen LogP contribution >= 0.6 is 50.3 Å². The summed E-state index contributed by atoms with van der Waals surface area (Å²) < 4.78 is 1.76. The maximum absolute atomic E-state index is 11.9. The van der Waals surface area contributed by atoms with Crippen molar-refractivity contribution in [3.8, 4) is 0 Å². The third kappa shape index (κ3) is 4.33. The van der Waals surface area contributed by atoms with E-state index in [1.165, 1.54) is 0 Å². The second-order valence-corrected chi connectivity index (χ2v) is 7.31. The highest BCUT2D eigenvalue weighted by Crippen LogP contribution is 2.24. The van der Waals surface area contributed by atoms with Crippen molar-refractivity contribution in [2.45, 2.75) is 30.4 Å². The summed E-state index contributed by atoms with van der Waals surface area (Å²) in [7, 11) is 0. The van der Waals surface area contributed by atoms with Gasteiger partial charge in [0.05, 0.1) is 15.0 Å². The van der Waals surface area contributed by atoms with E-state index in [2.05, 4.69) is 61.5 Å². The summed E-state index contributed by atoms with van der Waals surface area (Å²) in [4.78, 5) is 20.4.